The van der Waals surface area contributed by atoms with Crippen molar-refractivity contribution in [3.63, 3.8) is 0 Å². The van der Waals surface area contributed by atoms with Crippen molar-refractivity contribution in [1.29, 1.82) is 0 Å². The van der Waals surface area contributed by atoms with Crippen molar-refractivity contribution in [2.75, 3.05) is 20.2 Å². The molecule has 1 fully saturated rings. The van der Waals surface area contributed by atoms with Crippen molar-refractivity contribution in [3.8, 4) is 0 Å². The molecule has 1 saturated carbocycles. The molecule has 3 rings (SSSR count). The monoisotopic (exact) mass is 343 g/mol. The van der Waals surface area contributed by atoms with Gasteiger partial charge in [-0.1, -0.05) is 12.1 Å². The van der Waals surface area contributed by atoms with Gasteiger partial charge in [-0.3, -0.25) is 14.3 Å². The van der Waals surface area contributed by atoms with E-state index in [9.17, 15) is 14.4 Å². The Balaban J connectivity index is 1.97. The Morgan fingerprint density at radius 2 is 2.04 bits per heavy atom. The molecule has 1 heterocycles. The number of amides is 1. The van der Waals surface area contributed by atoms with Gasteiger partial charge in [-0.15, -0.1) is 0 Å². The molecule has 0 saturated heterocycles. The van der Waals surface area contributed by atoms with E-state index in [1.54, 1.807) is 43.1 Å². The van der Waals surface area contributed by atoms with Crippen molar-refractivity contribution in [2.24, 2.45) is 5.92 Å². The highest BCUT2D eigenvalue weighted by Crippen LogP contribution is 2.29. The lowest BCUT2D eigenvalue weighted by Gasteiger charge is -2.18. The fraction of sp³-hybridized carbons (Fsp3) is 0.444. The molecule has 0 bridgehead atoms. The molecule has 7 nitrogen and oxygen atoms in total. The normalized spacial score (nSPS) is 13.7. The summed E-state index contributed by atoms with van der Waals surface area (Å²) in [5, 5.41) is 4.46. The fourth-order valence-electron chi connectivity index (χ4n) is 2.73. The summed E-state index contributed by atoms with van der Waals surface area (Å²) in [6, 6.07) is 6.82. The average molecular weight is 343 g/mol. The Hall–Kier alpha value is -2.70. The van der Waals surface area contributed by atoms with E-state index in [4.69, 9.17) is 4.74 Å². The van der Waals surface area contributed by atoms with Crippen LogP contribution < -0.4 is 5.43 Å². The summed E-state index contributed by atoms with van der Waals surface area (Å²) in [7, 11) is 1.76. The number of nitrogens with zero attached hydrogens (tertiary/aromatic N) is 3. The highest BCUT2D eigenvalue weighted by Gasteiger charge is 2.25. The van der Waals surface area contributed by atoms with E-state index in [0.29, 0.717) is 16.8 Å². The van der Waals surface area contributed by atoms with Gasteiger partial charge in [-0.05, 0) is 37.8 Å². The Kier molecular flexibility index (Phi) is 4.83. The zero-order valence-electron chi connectivity index (χ0n) is 14.4. The molecule has 132 valence electrons. The van der Waals surface area contributed by atoms with E-state index in [1.807, 2.05) is 0 Å². The van der Waals surface area contributed by atoms with Crippen LogP contribution in [0.1, 0.15) is 30.3 Å². The molecule has 0 N–H and O–H groups in total. The lowest BCUT2D eigenvalue weighted by Crippen LogP contribution is -2.34. The molecule has 0 aliphatic heterocycles. The number of aromatic nitrogens is 2. The summed E-state index contributed by atoms with van der Waals surface area (Å²) in [4.78, 5) is 38.7. The first kappa shape index (κ1) is 17.1. The largest absolute Gasteiger partial charge is 0.461 e. The first-order valence-electron chi connectivity index (χ1n) is 8.42. The molecule has 25 heavy (non-hydrogen) atoms. The summed E-state index contributed by atoms with van der Waals surface area (Å²) in [5.41, 5.74) is -0.254. The fourth-order valence-corrected chi connectivity index (χ4v) is 2.73. The maximum atomic E-state index is 12.5. The van der Waals surface area contributed by atoms with E-state index in [-0.39, 0.29) is 24.8 Å². The van der Waals surface area contributed by atoms with Gasteiger partial charge in [0, 0.05) is 19.0 Å². The molecular formula is C18H21N3O4. The number of hydrogen-bond donors (Lipinski definition) is 0. The van der Waals surface area contributed by atoms with E-state index in [1.165, 1.54) is 4.68 Å². The predicted octanol–water partition coefficient (Wildman–Crippen LogP) is 1.44. The van der Waals surface area contributed by atoms with Crippen LogP contribution in [0.4, 0.5) is 0 Å². The van der Waals surface area contributed by atoms with Gasteiger partial charge in [0.1, 0.15) is 6.54 Å². The van der Waals surface area contributed by atoms with Crippen LogP contribution in [0.3, 0.4) is 0 Å². The van der Waals surface area contributed by atoms with Gasteiger partial charge < -0.3 is 9.64 Å². The van der Waals surface area contributed by atoms with Gasteiger partial charge in [-0.25, -0.2) is 4.79 Å². The van der Waals surface area contributed by atoms with Crippen LogP contribution in [0.2, 0.25) is 0 Å². The minimum Gasteiger partial charge on any atom is -0.461 e. The van der Waals surface area contributed by atoms with Crippen LogP contribution in [-0.4, -0.2) is 46.8 Å². The first-order valence-corrected chi connectivity index (χ1v) is 8.42. The van der Waals surface area contributed by atoms with E-state index >= 15 is 0 Å². The Morgan fingerprint density at radius 3 is 2.72 bits per heavy atom. The molecular weight excluding hydrogens is 322 g/mol. The molecule has 1 aliphatic rings. The Labute approximate surface area is 145 Å². The molecule has 0 unspecified atom stereocenters. The summed E-state index contributed by atoms with van der Waals surface area (Å²) >= 11 is 0. The molecule has 2 aromatic rings. The first-order chi connectivity index (χ1) is 12.0. The molecule has 1 aromatic heterocycles. The quantitative estimate of drug-likeness (QED) is 0.742. The second-order valence-corrected chi connectivity index (χ2v) is 6.29. The number of ether oxygens (including phenoxy) is 1. The third kappa shape index (κ3) is 3.70. The summed E-state index contributed by atoms with van der Waals surface area (Å²) in [6.45, 7) is 2.50. The van der Waals surface area contributed by atoms with Gasteiger partial charge in [0.05, 0.1) is 12.1 Å². The molecule has 7 heteroatoms. The molecule has 1 amide bonds. The lowest BCUT2D eigenvalue weighted by atomic mass is 10.2. The summed E-state index contributed by atoms with van der Waals surface area (Å²) in [6.07, 6.45) is 2.31. The average Bonchev–Trinajstić information content (AvgIpc) is 3.41. The standard InChI is InChI=1S/C18H21N3O4/c1-3-25-18(24)16-17(23)13-6-4-5-7-14(13)21(19-16)11-15(22)20(2)10-12-8-9-12/h4-7,12H,3,8-11H2,1-2H3. The summed E-state index contributed by atoms with van der Waals surface area (Å²) in [5.74, 6) is -0.295. The number of carbonyl (C=O) groups excluding carboxylic acids is 2. The lowest BCUT2D eigenvalue weighted by molar-refractivity contribution is -0.130. The SMILES string of the molecule is CCOC(=O)c1nn(CC(=O)N(C)CC2CC2)c2ccccc2c1=O. The highest BCUT2D eigenvalue weighted by atomic mass is 16.5. The van der Waals surface area contributed by atoms with Crippen molar-refractivity contribution in [3.05, 3.63) is 40.2 Å². The van der Waals surface area contributed by atoms with Gasteiger partial charge in [0.15, 0.2) is 0 Å². The number of benzene rings is 1. The van der Waals surface area contributed by atoms with Crippen LogP contribution in [0.15, 0.2) is 29.1 Å². The number of esters is 1. The number of rotatable bonds is 6. The predicted molar refractivity (Wildman–Crippen MR) is 92.3 cm³/mol. The van der Waals surface area contributed by atoms with Crippen molar-refractivity contribution in [2.45, 2.75) is 26.3 Å². The van der Waals surface area contributed by atoms with Gasteiger partial charge >= 0.3 is 5.97 Å². The number of carbonyl (C=O) groups is 2. The van der Waals surface area contributed by atoms with E-state index < -0.39 is 11.4 Å². The molecule has 1 aliphatic carbocycles. The van der Waals surface area contributed by atoms with Crippen LogP contribution in [0.5, 0.6) is 0 Å². The van der Waals surface area contributed by atoms with Gasteiger partial charge in [0.25, 0.3) is 0 Å². The van der Waals surface area contributed by atoms with Crippen molar-refractivity contribution >= 4 is 22.8 Å². The summed E-state index contributed by atoms with van der Waals surface area (Å²) < 4.78 is 6.33. The van der Waals surface area contributed by atoms with Gasteiger partial charge in [-0.2, -0.15) is 5.10 Å². The van der Waals surface area contributed by atoms with Crippen molar-refractivity contribution < 1.29 is 14.3 Å². The minimum atomic E-state index is -0.772. The van der Waals surface area contributed by atoms with E-state index in [0.717, 1.165) is 19.4 Å². The minimum absolute atomic E-state index is 0.0313. The maximum absolute atomic E-state index is 12.5. The smallest absolute Gasteiger partial charge is 0.362 e. The van der Waals surface area contributed by atoms with Crippen LogP contribution in [0, 0.1) is 5.92 Å². The van der Waals surface area contributed by atoms with Crippen LogP contribution >= 0.6 is 0 Å². The second kappa shape index (κ2) is 7.04. The molecule has 0 radical (unpaired) electrons. The molecule has 0 atom stereocenters. The second-order valence-electron chi connectivity index (χ2n) is 6.29. The zero-order chi connectivity index (χ0) is 18.0. The van der Waals surface area contributed by atoms with Crippen LogP contribution in [-0.2, 0) is 16.1 Å². The maximum Gasteiger partial charge on any atom is 0.362 e. The highest BCUT2D eigenvalue weighted by molar-refractivity contribution is 5.92. The van der Waals surface area contributed by atoms with Crippen LogP contribution in [0.25, 0.3) is 10.9 Å². The molecule has 1 aromatic carbocycles. The number of likely N-dealkylation sites (N-methyl/N-ethyl adjacent to an activating group) is 1. The third-order valence-electron chi connectivity index (χ3n) is 4.27. The van der Waals surface area contributed by atoms with Gasteiger partial charge in [0.2, 0.25) is 17.0 Å². The van der Waals surface area contributed by atoms with Crippen molar-refractivity contribution in [1.82, 2.24) is 14.7 Å². The number of para-hydroxylation sites is 1. The third-order valence-corrected chi connectivity index (χ3v) is 4.27. The Morgan fingerprint density at radius 1 is 1.32 bits per heavy atom. The van der Waals surface area contributed by atoms with E-state index in [2.05, 4.69) is 5.10 Å². The molecule has 0 spiro atoms. The number of fused-ring (bicyclic) bond motifs is 1. The number of hydrogen-bond acceptors (Lipinski definition) is 5. The Bertz CT molecular complexity index is 870. The zero-order valence-corrected chi connectivity index (χ0v) is 14.4. The topological polar surface area (TPSA) is 81.5 Å².